The first-order valence-corrected chi connectivity index (χ1v) is 6.46. The average Bonchev–Trinajstić information content (AvgIpc) is 3.12. The molecule has 1 heterocycles. The van der Waals surface area contributed by atoms with Crippen molar-refractivity contribution in [3.05, 3.63) is 35.4 Å². The van der Waals surface area contributed by atoms with Crippen LogP contribution in [-0.4, -0.2) is 28.1 Å². The number of carboxylic acid groups (broad SMARTS) is 1. The molecule has 1 fully saturated rings. The van der Waals surface area contributed by atoms with Gasteiger partial charge in [-0.05, 0) is 24.0 Å². The third-order valence-corrected chi connectivity index (χ3v) is 4.20. The van der Waals surface area contributed by atoms with Crippen LogP contribution in [0, 0.1) is 5.41 Å². The summed E-state index contributed by atoms with van der Waals surface area (Å²) in [6.45, 7) is -0.0934. The molecule has 0 unspecified atom stereocenters. The van der Waals surface area contributed by atoms with Gasteiger partial charge >= 0.3 is 12.1 Å². The largest absolute Gasteiger partial charge is 0.479 e. The second kappa shape index (κ2) is 4.22. The van der Waals surface area contributed by atoms with Crippen LogP contribution in [-0.2, 0) is 16.1 Å². The smallest absolute Gasteiger partial charge is 0.403 e. The number of carbonyl (C=O) groups excluding carboxylic acids is 1. The van der Waals surface area contributed by atoms with Crippen molar-refractivity contribution in [2.45, 2.75) is 31.6 Å². The summed E-state index contributed by atoms with van der Waals surface area (Å²) in [5.74, 6) is -2.44. The van der Waals surface area contributed by atoms with E-state index in [4.69, 9.17) is 0 Å². The van der Waals surface area contributed by atoms with Gasteiger partial charge in [0.15, 0.2) is 6.04 Å². The van der Waals surface area contributed by atoms with E-state index in [-0.39, 0.29) is 19.4 Å². The fourth-order valence-corrected chi connectivity index (χ4v) is 2.86. The van der Waals surface area contributed by atoms with Crippen molar-refractivity contribution in [1.82, 2.24) is 4.90 Å². The van der Waals surface area contributed by atoms with E-state index in [2.05, 4.69) is 0 Å². The predicted molar refractivity (Wildman–Crippen MR) is 65.1 cm³/mol. The summed E-state index contributed by atoms with van der Waals surface area (Å²) in [7, 11) is 0. The Balaban J connectivity index is 1.97. The first-order chi connectivity index (χ1) is 9.78. The molecule has 0 saturated heterocycles. The zero-order chi connectivity index (χ0) is 15.4. The first kappa shape index (κ1) is 13.9. The van der Waals surface area contributed by atoms with Crippen molar-refractivity contribution in [1.29, 1.82) is 0 Å². The lowest BCUT2D eigenvalue weighted by molar-refractivity contribution is -0.201. The number of nitrogens with zero attached hydrogens (tertiary/aromatic N) is 1. The Labute approximate surface area is 118 Å². The van der Waals surface area contributed by atoms with Gasteiger partial charge in [0, 0.05) is 6.54 Å². The second-order valence-electron chi connectivity index (χ2n) is 5.45. The Morgan fingerprint density at radius 2 is 1.86 bits per heavy atom. The first-order valence-electron chi connectivity index (χ1n) is 6.46. The summed E-state index contributed by atoms with van der Waals surface area (Å²) in [4.78, 5) is 24.5. The Bertz CT molecular complexity index is 622. The Hall–Kier alpha value is -2.05. The van der Waals surface area contributed by atoms with E-state index in [1.54, 1.807) is 18.2 Å². The van der Waals surface area contributed by atoms with E-state index in [9.17, 15) is 27.9 Å². The molecule has 112 valence electrons. The van der Waals surface area contributed by atoms with E-state index in [1.807, 2.05) is 0 Å². The van der Waals surface area contributed by atoms with Gasteiger partial charge in [0.1, 0.15) is 5.41 Å². The third kappa shape index (κ3) is 1.91. The van der Waals surface area contributed by atoms with Gasteiger partial charge in [0.2, 0.25) is 5.91 Å². The van der Waals surface area contributed by atoms with Gasteiger partial charge in [-0.25, -0.2) is 4.79 Å². The lowest BCUT2D eigenvalue weighted by Crippen LogP contribution is -2.44. The summed E-state index contributed by atoms with van der Waals surface area (Å²) in [5.41, 5.74) is -1.42. The minimum Gasteiger partial charge on any atom is -0.479 e. The van der Waals surface area contributed by atoms with E-state index in [0.29, 0.717) is 11.1 Å². The van der Waals surface area contributed by atoms with Crippen LogP contribution in [0.2, 0.25) is 0 Å². The number of benzene rings is 1. The number of alkyl halides is 3. The maximum atomic E-state index is 13.1. The quantitative estimate of drug-likeness (QED) is 0.913. The van der Waals surface area contributed by atoms with Crippen molar-refractivity contribution in [2.75, 3.05) is 0 Å². The molecule has 21 heavy (non-hydrogen) atoms. The van der Waals surface area contributed by atoms with Crippen LogP contribution < -0.4 is 0 Å². The minimum atomic E-state index is -4.64. The van der Waals surface area contributed by atoms with Crippen molar-refractivity contribution in [2.24, 2.45) is 5.41 Å². The van der Waals surface area contributed by atoms with Gasteiger partial charge in [0.05, 0.1) is 0 Å². The molecular weight excluding hydrogens is 287 g/mol. The number of hydrogen-bond acceptors (Lipinski definition) is 2. The highest BCUT2D eigenvalue weighted by atomic mass is 19.4. The number of aliphatic carboxylic acids is 1. The summed E-state index contributed by atoms with van der Waals surface area (Å²) < 4.78 is 39.2. The predicted octanol–water partition coefficient (Wildman–Crippen LogP) is 2.50. The van der Waals surface area contributed by atoms with Crippen molar-refractivity contribution in [3.8, 4) is 0 Å². The number of rotatable bonds is 2. The highest BCUT2D eigenvalue weighted by molar-refractivity contribution is 5.91. The van der Waals surface area contributed by atoms with Gasteiger partial charge in [-0.1, -0.05) is 24.3 Å². The third-order valence-electron chi connectivity index (χ3n) is 4.20. The Morgan fingerprint density at radius 3 is 2.38 bits per heavy atom. The average molecular weight is 299 g/mol. The summed E-state index contributed by atoms with van der Waals surface area (Å²) in [6, 6.07) is 5.11. The van der Waals surface area contributed by atoms with Crippen molar-refractivity contribution in [3.63, 3.8) is 0 Å². The van der Waals surface area contributed by atoms with Gasteiger partial charge in [-0.15, -0.1) is 0 Å². The SMILES string of the molecule is O=C(O)[C@@H]1c2ccccc2CN1C(=O)C1(C(F)(F)F)CC1. The minimum absolute atomic E-state index is 0.0934. The van der Waals surface area contributed by atoms with E-state index in [1.165, 1.54) is 6.07 Å². The van der Waals surface area contributed by atoms with Crippen molar-refractivity contribution < 1.29 is 27.9 Å². The molecule has 1 amide bonds. The Morgan fingerprint density at radius 1 is 1.24 bits per heavy atom. The van der Waals surface area contributed by atoms with Crippen LogP contribution in [0.4, 0.5) is 13.2 Å². The van der Waals surface area contributed by atoms with E-state index >= 15 is 0 Å². The normalized spacial score (nSPS) is 22.8. The van der Waals surface area contributed by atoms with Gasteiger partial charge < -0.3 is 10.0 Å². The molecule has 7 heteroatoms. The molecule has 1 aliphatic heterocycles. The number of carboxylic acids is 1. The van der Waals surface area contributed by atoms with Crippen LogP contribution in [0.3, 0.4) is 0 Å². The Kier molecular flexibility index (Phi) is 2.80. The molecule has 4 nitrogen and oxygen atoms in total. The zero-order valence-corrected chi connectivity index (χ0v) is 10.9. The number of fused-ring (bicyclic) bond motifs is 1. The monoisotopic (exact) mass is 299 g/mol. The molecule has 0 spiro atoms. The summed E-state index contributed by atoms with van der Waals surface area (Å²) >= 11 is 0. The maximum Gasteiger partial charge on any atom is 0.403 e. The molecule has 1 aliphatic carbocycles. The number of hydrogen-bond donors (Lipinski definition) is 1. The van der Waals surface area contributed by atoms with E-state index < -0.39 is 29.5 Å². The number of amides is 1. The van der Waals surface area contributed by atoms with Gasteiger partial charge in [-0.3, -0.25) is 4.79 Å². The summed E-state index contributed by atoms with van der Waals surface area (Å²) in [5, 5.41) is 9.29. The maximum absolute atomic E-state index is 13.1. The molecule has 2 aliphatic rings. The topological polar surface area (TPSA) is 57.6 Å². The van der Waals surface area contributed by atoms with Crippen LogP contribution in [0.15, 0.2) is 24.3 Å². The van der Waals surface area contributed by atoms with Crippen LogP contribution in [0.25, 0.3) is 0 Å². The standard InChI is InChI=1S/C14H12F3NO3/c15-14(16,17)13(5-6-13)12(21)18-7-8-3-1-2-4-9(8)10(18)11(19)20/h1-4,10H,5-7H2,(H,19,20)/t10-/m0/s1. The second-order valence-corrected chi connectivity index (χ2v) is 5.45. The molecule has 1 aromatic rings. The number of carbonyl (C=O) groups is 2. The lowest BCUT2D eigenvalue weighted by atomic mass is 10.0. The molecule has 0 bridgehead atoms. The summed E-state index contributed by atoms with van der Waals surface area (Å²) in [6.07, 6.45) is -5.18. The number of halogens is 3. The molecule has 0 radical (unpaired) electrons. The molecule has 3 rings (SSSR count). The van der Waals surface area contributed by atoms with E-state index in [0.717, 1.165) is 4.90 Å². The molecular formula is C14H12F3NO3. The van der Waals surface area contributed by atoms with Crippen LogP contribution in [0.5, 0.6) is 0 Å². The molecule has 1 N–H and O–H groups in total. The van der Waals surface area contributed by atoms with Crippen LogP contribution >= 0.6 is 0 Å². The van der Waals surface area contributed by atoms with Crippen LogP contribution in [0.1, 0.15) is 30.0 Å². The lowest BCUT2D eigenvalue weighted by Gasteiger charge is -2.28. The molecule has 0 aromatic heterocycles. The zero-order valence-electron chi connectivity index (χ0n) is 10.9. The van der Waals surface area contributed by atoms with Crippen molar-refractivity contribution >= 4 is 11.9 Å². The van der Waals surface area contributed by atoms with Gasteiger partial charge in [0.25, 0.3) is 0 Å². The fraction of sp³-hybridized carbons (Fsp3) is 0.429. The van der Waals surface area contributed by atoms with Gasteiger partial charge in [-0.2, -0.15) is 13.2 Å². The molecule has 1 saturated carbocycles. The fourth-order valence-electron chi connectivity index (χ4n) is 2.86. The molecule has 1 aromatic carbocycles. The highest BCUT2D eigenvalue weighted by Gasteiger charge is 2.70. The highest BCUT2D eigenvalue weighted by Crippen LogP contribution is 2.59. The molecule has 1 atom stereocenters.